The van der Waals surface area contributed by atoms with Gasteiger partial charge in [-0.3, -0.25) is 4.79 Å². The summed E-state index contributed by atoms with van der Waals surface area (Å²) in [6, 6.07) is 7.83. The summed E-state index contributed by atoms with van der Waals surface area (Å²) < 4.78 is 1.01. The molecule has 3 N–H and O–H groups in total. The highest BCUT2D eigenvalue weighted by atomic mass is 79.9. The van der Waals surface area contributed by atoms with Gasteiger partial charge in [-0.05, 0) is 46.9 Å². The first-order valence-corrected chi connectivity index (χ1v) is 7.41. The molecule has 0 bridgehead atoms. The average Bonchev–Trinajstić information content (AvgIpc) is 2.53. The van der Waals surface area contributed by atoms with Crippen LogP contribution in [0.1, 0.15) is 13.3 Å². The van der Waals surface area contributed by atoms with Gasteiger partial charge in [0.2, 0.25) is 5.91 Å². The van der Waals surface area contributed by atoms with Crippen LogP contribution in [0, 0.1) is 5.92 Å². The second-order valence-corrected chi connectivity index (χ2v) is 5.90. The Morgan fingerprint density at radius 1 is 1.47 bits per heavy atom. The van der Waals surface area contributed by atoms with Crippen molar-refractivity contribution >= 4 is 27.5 Å². The van der Waals surface area contributed by atoms with Gasteiger partial charge in [0, 0.05) is 17.6 Å². The fraction of sp³-hybridized carbons (Fsp3) is 0.500. The summed E-state index contributed by atoms with van der Waals surface area (Å²) in [5, 5.41) is 3.00. The second kappa shape index (κ2) is 6.39. The number of nitrogens with one attached hydrogen (secondary N) is 1. The number of halogens is 1. The largest absolute Gasteiger partial charge is 0.358 e. The van der Waals surface area contributed by atoms with Gasteiger partial charge < -0.3 is 16.0 Å². The minimum absolute atomic E-state index is 0.0746. The minimum atomic E-state index is -0.186. The Balaban J connectivity index is 2.36. The van der Waals surface area contributed by atoms with Gasteiger partial charge in [-0.1, -0.05) is 19.1 Å². The molecule has 0 radical (unpaired) electrons. The number of anilines is 1. The molecule has 1 amide bonds. The number of nitrogens with two attached hydrogens (primary N) is 1. The Hall–Kier alpha value is -1.07. The van der Waals surface area contributed by atoms with Crippen molar-refractivity contribution in [2.24, 2.45) is 11.7 Å². The third kappa shape index (κ3) is 3.28. The molecule has 1 saturated heterocycles. The highest BCUT2D eigenvalue weighted by Gasteiger charge is 2.30. The van der Waals surface area contributed by atoms with Crippen molar-refractivity contribution < 1.29 is 4.79 Å². The molecule has 4 nitrogen and oxygen atoms in total. The summed E-state index contributed by atoms with van der Waals surface area (Å²) in [7, 11) is 0. The first-order chi connectivity index (χ1) is 9.13. The number of hydrogen-bond acceptors (Lipinski definition) is 3. The molecular weight excluding hydrogens is 306 g/mol. The number of para-hydroxylation sites is 1. The van der Waals surface area contributed by atoms with E-state index in [0.29, 0.717) is 18.9 Å². The smallest absolute Gasteiger partial charge is 0.242 e. The molecule has 0 spiro atoms. The third-order valence-electron chi connectivity index (χ3n) is 3.41. The summed E-state index contributed by atoms with van der Waals surface area (Å²) in [6.45, 7) is 4.23. The number of rotatable bonds is 3. The Labute approximate surface area is 122 Å². The van der Waals surface area contributed by atoms with Crippen molar-refractivity contribution in [3.05, 3.63) is 28.7 Å². The lowest BCUT2D eigenvalue weighted by molar-refractivity contribution is -0.122. The summed E-state index contributed by atoms with van der Waals surface area (Å²) in [6.07, 6.45) is 0.667. The first-order valence-electron chi connectivity index (χ1n) is 6.62. The maximum atomic E-state index is 12.2. The number of amides is 1. The maximum Gasteiger partial charge on any atom is 0.242 e. The molecule has 1 fully saturated rings. The average molecular weight is 326 g/mol. The maximum absolute atomic E-state index is 12.2. The van der Waals surface area contributed by atoms with Gasteiger partial charge in [0.1, 0.15) is 6.04 Å². The van der Waals surface area contributed by atoms with Crippen LogP contribution in [0.3, 0.4) is 0 Å². The monoisotopic (exact) mass is 325 g/mol. The molecule has 1 aliphatic rings. The molecule has 19 heavy (non-hydrogen) atoms. The van der Waals surface area contributed by atoms with Crippen molar-refractivity contribution in [1.82, 2.24) is 5.32 Å². The molecular formula is C14H20BrN3O. The molecule has 0 aliphatic carbocycles. The van der Waals surface area contributed by atoms with Crippen LogP contribution < -0.4 is 16.0 Å². The Morgan fingerprint density at radius 2 is 2.21 bits per heavy atom. The number of hydrogen-bond donors (Lipinski definition) is 2. The molecule has 2 rings (SSSR count). The van der Waals surface area contributed by atoms with E-state index in [-0.39, 0.29) is 11.9 Å². The standard InChI is InChI=1S/C14H20BrN3O/c1-10-8-17-14(19)13(6-7-16)18(9-10)12-5-3-2-4-11(12)15/h2-5,10,13H,6-9,16H2,1H3,(H,17,19). The number of carbonyl (C=O) groups excluding carboxylic acids is 1. The summed E-state index contributed by atoms with van der Waals surface area (Å²) in [4.78, 5) is 14.4. The fourth-order valence-corrected chi connectivity index (χ4v) is 2.97. The molecule has 0 aromatic heterocycles. The lowest BCUT2D eigenvalue weighted by atomic mass is 10.1. The van der Waals surface area contributed by atoms with Crippen LogP contribution in [0.15, 0.2) is 28.7 Å². The molecule has 2 atom stereocenters. The van der Waals surface area contributed by atoms with Crippen LogP contribution in [0.4, 0.5) is 5.69 Å². The summed E-state index contributed by atoms with van der Waals surface area (Å²) in [5.41, 5.74) is 6.73. The number of nitrogens with zero attached hydrogens (tertiary/aromatic N) is 1. The zero-order valence-corrected chi connectivity index (χ0v) is 12.7. The van der Waals surface area contributed by atoms with E-state index < -0.39 is 0 Å². The zero-order valence-electron chi connectivity index (χ0n) is 11.1. The molecule has 2 unspecified atom stereocenters. The van der Waals surface area contributed by atoms with Crippen molar-refractivity contribution in [1.29, 1.82) is 0 Å². The van der Waals surface area contributed by atoms with E-state index in [1.54, 1.807) is 0 Å². The highest BCUT2D eigenvalue weighted by molar-refractivity contribution is 9.10. The molecule has 1 aromatic carbocycles. The molecule has 0 saturated carbocycles. The normalized spacial score (nSPS) is 23.9. The van der Waals surface area contributed by atoms with Crippen LogP contribution in [0.2, 0.25) is 0 Å². The van der Waals surface area contributed by atoms with E-state index in [0.717, 1.165) is 23.2 Å². The predicted octanol–water partition coefficient (Wildman–Crippen LogP) is 1.74. The van der Waals surface area contributed by atoms with Crippen LogP contribution >= 0.6 is 15.9 Å². The van der Waals surface area contributed by atoms with Gasteiger partial charge in [-0.25, -0.2) is 0 Å². The minimum Gasteiger partial charge on any atom is -0.358 e. The summed E-state index contributed by atoms with van der Waals surface area (Å²) >= 11 is 3.57. The van der Waals surface area contributed by atoms with Gasteiger partial charge in [-0.15, -0.1) is 0 Å². The quantitative estimate of drug-likeness (QED) is 0.890. The first kappa shape index (κ1) is 14.3. The third-order valence-corrected chi connectivity index (χ3v) is 4.08. The van der Waals surface area contributed by atoms with Gasteiger partial charge >= 0.3 is 0 Å². The van der Waals surface area contributed by atoms with E-state index in [1.807, 2.05) is 24.3 Å². The number of carbonyl (C=O) groups is 1. The molecule has 1 heterocycles. The number of benzene rings is 1. The highest BCUT2D eigenvalue weighted by Crippen LogP contribution is 2.29. The van der Waals surface area contributed by atoms with Crippen molar-refractivity contribution in [2.45, 2.75) is 19.4 Å². The zero-order chi connectivity index (χ0) is 13.8. The summed E-state index contributed by atoms with van der Waals surface area (Å²) in [5.74, 6) is 0.490. The van der Waals surface area contributed by atoms with Crippen LogP contribution in [-0.4, -0.2) is 31.6 Å². The van der Waals surface area contributed by atoms with E-state index in [1.165, 1.54) is 0 Å². The fourth-order valence-electron chi connectivity index (χ4n) is 2.46. The molecule has 104 valence electrons. The van der Waals surface area contributed by atoms with Crippen LogP contribution in [0.5, 0.6) is 0 Å². The molecule has 1 aromatic rings. The SMILES string of the molecule is CC1CNC(=O)C(CCN)N(c2ccccc2Br)C1. The van der Waals surface area contributed by atoms with Gasteiger partial charge in [-0.2, -0.15) is 0 Å². The lowest BCUT2D eigenvalue weighted by Gasteiger charge is -2.32. The van der Waals surface area contributed by atoms with E-state index in [2.05, 4.69) is 33.1 Å². The van der Waals surface area contributed by atoms with Gasteiger partial charge in [0.25, 0.3) is 0 Å². The van der Waals surface area contributed by atoms with Crippen molar-refractivity contribution in [3.63, 3.8) is 0 Å². The van der Waals surface area contributed by atoms with Crippen LogP contribution in [-0.2, 0) is 4.79 Å². The van der Waals surface area contributed by atoms with Crippen molar-refractivity contribution in [2.75, 3.05) is 24.5 Å². The molecule has 1 aliphatic heterocycles. The predicted molar refractivity (Wildman–Crippen MR) is 81.1 cm³/mol. The second-order valence-electron chi connectivity index (χ2n) is 5.05. The Kier molecular flexibility index (Phi) is 4.82. The molecule has 5 heteroatoms. The van der Waals surface area contributed by atoms with Gasteiger partial charge in [0.05, 0.1) is 5.69 Å². The van der Waals surface area contributed by atoms with Crippen LogP contribution in [0.25, 0.3) is 0 Å². The Bertz CT molecular complexity index is 452. The topological polar surface area (TPSA) is 58.4 Å². The van der Waals surface area contributed by atoms with E-state index in [4.69, 9.17) is 5.73 Å². The van der Waals surface area contributed by atoms with E-state index in [9.17, 15) is 4.79 Å². The van der Waals surface area contributed by atoms with Crippen molar-refractivity contribution in [3.8, 4) is 0 Å². The van der Waals surface area contributed by atoms with E-state index >= 15 is 0 Å². The van der Waals surface area contributed by atoms with Gasteiger partial charge in [0.15, 0.2) is 0 Å². The lowest BCUT2D eigenvalue weighted by Crippen LogP contribution is -2.45. The Morgan fingerprint density at radius 3 is 2.89 bits per heavy atom.